The Kier molecular flexibility index (Phi) is 6.15. The van der Waals surface area contributed by atoms with Crippen molar-refractivity contribution in [2.75, 3.05) is 0 Å². The van der Waals surface area contributed by atoms with Crippen molar-refractivity contribution in [2.24, 2.45) is 0 Å². The number of rotatable bonds is 5. The first kappa shape index (κ1) is 20.8. The molecule has 0 spiro atoms. The zero-order valence-corrected chi connectivity index (χ0v) is 15.7. The van der Waals surface area contributed by atoms with Crippen LogP contribution in [0.3, 0.4) is 0 Å². The lowest BCUT2D eigenvalue weighted by Gasteiger charge is -2.17. The molecule has 1 unspecified atom stereocenters. The number of aliphatic hydroxyl groups is 1. The highest BCUT2D eigenvalue weighted by Crippen LogP contribution is 2.31. The number of halogens is 4. The van der Waals surface area contributed by atoms with Crippen molar-refractivity contribution in [1.29, 1.82) is 5.41 Å². The molecule has 0 radical (unpaired) electrons. The molecule has 7 heteroatoms. The van der Waals surface area contributed by atoms with Crippen molar-refractivity contribution in [3.63, 3.8) is 0 Å². The minimum Gasteiger partial charge on any atom is -0.384 e. The molecule has 0 saturated carbocycles. The number of hydrogen-bond donors (Lipinski definition) is 2. The summed E-state index contributed by atoms with van der Waals surface area (Å²) in [7, 11) is 0. The van der Waals surface area contributed by atoms with E-state index in [1.807, 2.05) is 0 Å². The molecular weight excluding hydrogens is 401 g/mol. The first-order chi connectivity index (χ1) is 13.8. The Labute approximate surface area is 170 Å². The average Bonchev–Trinajstić information content (AvgIpc) is 2.71. The minimum atomic E-state index is -4.46. The van der Waals surface area contributed by atoms with Gasteiger partial charge in [-0.25, -0.2) is 0 Å². The van der Waals surface area contributed by atoms with E-state index < -0.39 is 17.8 Å². The average molecular weight is 417 g/mol. The molecule has 2 aromatic carbocycles. The van der Waals surface area contributed by atoms with Gasteiger partial charge < -0.3 is 5.11 Å². The van der Waals surface area contributed by atoms with Gasteiger partial charge >= 0.3 is 6.18 Å². The monoisotopic (exact) mass is 416 g/mol. The molecule has 1 aromatic heterocycles. The smallest absolute Gasteiger partial charge is 0.384 e. The first-order valence-corrected chi connectivity index (χ1v) is 8.95. The number of pyridine rings is 1. The maximum Gasteiger partial charge on any atom is 0.416 e. The Morgan fingerprint density at radius 2 is 1.79 bits per heavy atom. The van der Waals surface area contributed by atoms with E-state index in [4.69, 9.17) is 17.0 Å². The van der Waals surface area contributed by atoms with Gasteiger partial charge in [0.25, 0.3) is 0 Å². The second kappa shape index (κ2) is 8.59. The molecular formula is C22H16ClF3N2O. The van der Waals surface area contributed by atoms with Crippen molar-refractivity contribution in [1.82, 2.24) is 4.98 Å². The van der Waals surface area contributed by atoms with Gasteiger partial charge in [-0.15, -0.1) is 0 Å². The summed E-state index contributed by atoms with van der Waals surface area (Å²) in [5.41, 5.74) is 0.649. The van der Waals surface area contributed by atoms with E-state index in [0.29, 0.717) is 16.1 Å². The Morgan fingerprint density at radius 3 is 2.38 bits per heavy atom. The topological polar surface area (TPSA) is 57.0 Å². The molecule has 0 bridgehead atoms. The Balaban J connectivity index is 2.03. The lowest BCUT2D eigenvalue weighted by atomic mass is 9.92. The molecule has 3 rings (SSSR count). The highest BCUT2D eigenvalue weighted by atomic mass is 35.5. The third kappa shape index (κ3) is 5.10. The van der Waals surface area contributed by atoms with Crippen molar-refractivity contribution in [3.8, 4) is 0 Å². The van der Waals surface area contributed by atoms with Crippen LogP contribution in [-0.4, -0.2) is 15.8 Å². The zero-order valence-electron chi connectivity index (χ0n) is 15.0. The molecule has 0 aliphatic rings. The maximum absolute atomic E-state index is 12.8. The van der Waals surface area contributed by atoms with Gasteiger partial charge in [0.15, 0.2) is 0 Å². The van der Waals surface area contributed by atoms with Gasteiger partial charge in [-0.1, -0.05) is 41.9 Å². The largest absolute Gasteiger partial charge is 0.416 e. The highest BCUT2D eigenvalue weighted by molar-refractivity contribution is 6.30. The van der Waals surface area contributed by atoms with E-state index >= 15 is 0 Å². The number of nitrogens with one attached hydrogen (secondary N) is 1. The second-order valence-electron chi connectivity index (χ2n) is 6.29. The van der Waals surface area contributed by atoms with Crippen LogP contribution in [0.4, 0.5) is 13.2 Å². The summed E-state index contributed by atoms with van der Waals surface area (Å²) in [5, 5.41) is 19.9. The third-order valence-corrected chi connectivity index (χ3v) is 4.49. The maximum atomic E-state index is 12.8. The molecule has 0 aliphatic heterocycles. The molecule has 1 heterocycles. The van der Waals surface area contributed by atoms with Crippen LogP contribution in [-0.2, 0) is 6.18 Å². The SMILES string of the molecule is N=C(C(=Cc1cccc(Cl)c1)C(O)c1cccnc1)c1ccc(C(F)(F)F)cc1. The van der Waals surface area contributed by atoms with Gasteiger partial charge in [0.1, 0.15) is 6.10 Å². The number of aliphatic hydroxyl groups excluding tert-OH is 1. The standard InChI is InChI=1S/C22H16ClF3N2O/c23-18-5-1-3-14(11-18)12-19(21(29)16-4-2-10-28-13-16)20(27)15-6-8-17(9-7-15)22(24,25)26/h1-13,21,27,29H. The van der Waals surface area contributed by atoms with Gasteiger partial charge in [0.05, 0.1) is 11.3 Å². The van der Waals surface area contributed by atoms with Crippen LogP contribution in [0.1, 0.15) is 28.4 Å². The molecule has 0 amide bonds. The molecule has 1 atom stereocenters. The number of benzene rings is 2. The normalized spacial score (nSPS) is 13.2. The van der Waals surface area contributed by atoms with Crippen LogP contribution in [0.15, 0.2) is 78.6 Å². The predicted octanol–water partition coefficient (Wildman–Crippen LogP) is 5.94. The summed E-state index contributed by atoms with van der Waals surface area (Å²) in [4.78, 5) is 3.98. The molecule has 2 N–H and O–H groups in total. The molecule has 3 nitrogen and oxygen atoms in total. The summed E-state index contributed by atoms with van der Waals surface area (Å²) in [6, 6.07) is 14.4. The number of nitrogens with zero attached hydrogens (tertiary/aromatic N) is 1. The Morgan fingerprint density at radius 1 is 1.07 bits per heavy atom. The van der Waals surface area contributed by atoms with Gasteiger partial charge in [-0.2, -0.15) is 13.2 Å². The molecule has 29 heavy (non-hydrogen) atoms. The van der Waals surface area contributed by atoms with Gasteiger partial charge in [0.2, 0.25) is 0 Å². The summed E-state index contributed by atoms with van der Waals surface area (Å²) in [5.74, 6) is 0. The lowest BCUT2D eigenvalue weighted by Crippen LogP contribution is -2.13. The quantitative estimate of drug-likeness (QED) is 0.506. The summed E-state index contributed by atoms with van der Waals surface area (Å²) in [6.07, 6.45) is -1.05. The fraction of sp³-hybridized carbons (Fsp3) is 0.0909. The van der Waals surface area contributed by atoms with Crippen LogP contribution >= 0.6 is 11.6 Å². The summed E-state index contributed by atoms with van der Waals surface area (Å²) in [6.45, 7) is 0. The van der Waals surface area contributed by atoms with Crippen LogP contribution in [0.2, 0.25) is 5.02 Å². The van der Waals surface area contributed by atoms with Crippen LogP contribution in [0.25, 0.3) is 6.08 Å². The number of aromatic nitrogens is 1. The van der Waals surface area contributed by atoms with E-state index in [1.165, 1.54) is 18.3 Å². The summed E-state index contributed by atoms with van der Waals surface area (Å²) >= 11 is 6.02. The molecule has 148 valence electrons. The Hall–Kier alpha value is -2.96. The van der Waals surface area contributed by atoms with Crippen LogP contribution in [0.5, 0.6) is 0 Å². The van der Waals surface area contributed by atoms with Gasteiger partial charge in [-0.05, 0) is 47.5 Å². The van der Waals surface area contributed by atoms with Crippen molar-refractivity contribution in [2.45, 2.75) is 12.3 Å². The minimum absolute atomic E-state index is 0.102. The van der Waals surface area contributed by atoms with E-state index in [9.17, 15) is 18.3 Å². The lowest BCUT2D eigenvalue weighted by molar-refractivity contribution is -0.137. The number of hydrogen-bond acceptors (Lipinski definition) is 3. The molecule has 0 saturated heterocycles. The molecule has 3 aromatic rings. The fourth-order valence-corrected chi connectivity index (χ4v) is 2.97. The van der Waals surface area contributed by atoms with Gasteiger partial charge in [0, 0.05) is 28.6 Å². The molecule has 0 aliphatic carbocycles. The zero-order chi connectivity index (χ0) is 21.0. The fourth-order valence-electron chi connectivity index (χ4n) is 2.77. The van der Waals surface area contributed by atoms with E-state index in [-0.39, 0.29) is 16.8 Å². The molecule has 0 fully saturated rings. The van der Waals surface area contributed by atoms with Gasteiger partial charge in [-0.3, -0.25) is 10.4 Å². The summed E-state index contributed by atoms with van der Waals surface area (Å²) < 4.78 is 38.5. The van der Waals surface area contributed by atoms with E-state index in [0.717, 1.165) is 12.1 Å². The third-order valence-electron chi connectivity index (χ3n) is 4.26. The van der Waals surface area contributed by atoms with E-state index in [1.54, 1.807) is 48.7 Å². The second-order valence-corrected chi connectivity index (χ2v) is 6.73. The predicted molar refractivity (Wildman–Crippen MR) is 107 cm³/mol. The Bertz CT molecular complexity index is 1030. The van der Waals surface area contributed by atoms with Crippen molar-refractivity contribution in [3.05, 3.63) is 106 Å². The van der Waals surface area contributed by atoms with Crippen molar-refractivity contribution >= 4 is 23.4 Å². The van der Waals surface area contributed by atoms with E-state index in [2.05, 4.69) is 4.98 Å². The number of alkyl halides is 3. The first-order valence-electron chi connectivity index (χ1n) is 8.57. The highest BCUT2D eigenvalue weighted by Gasteiger charge is 2.30. The van der Waals surface area contributed by atoms with Crippen LogP contribution < -0.4 is 0 Å². The van der Waals surface area contributed by atoms with Crippen LogP contribution in [0, 0.1) is 5.41 Å². The van der Waals surface area contributed by atoms with Crippen molar-refractivity contribution < 1.29 is 18.3 Å².